The fourth-order valence-corrected chi connectivity index (χ4v) is 3.55. The molecule has 0 radical (unpaired) electrons. The molecule has 1 saturated carbocycles. The molecule has 0 bridgehead atoms. The molecule has 0 heterocycles. The van der Waals surface area contributed by atoms with Crippen LogP contribution in [0.5, 0.6) is 0 Å². The van der Waals surface area contributed by atoms with Crippen molar-refractivity contribution in [1.82, 2.24) is 0 Å². The lowest BCUT2D eigenvalue weighted by molar-refractivity contribution is -0.123. The van der Waals surface area contributed by atoms with Crippen molar-refractivity contribution in [1.29, 1.82) is 0 Å². The summed E-state index contributed by atoms with van der Waals surface area (Å²) < 4.78 is 0. The Morgan fingerprint density at radius 3 is 2.45 bits per heavy atom. The Balaban J connectivity index is 2.48. The van der Waals surface area contributed by atoms with Gasteiger partial charge >= 0.3 is 0 Å². The van der Waals surface area contributed by atoms with E-state index in [0.29, 0.717) is 12.3 Å². The number of allylic oxidation sites excluding steroid dienone is 4. The number of aliphatic hydroxyl groups is 1. The van der Waals surface area contributed by atoms with Crippen LogP contribution in [0.4, 0.5) is 0 Å². The molecular formula is C19H26O3. The molecule has 0 amide bonds. The number of carbonyl (C=O) groups excluding carboxylic acids is 2. The van der Waals surface area contributed by atoms with Gasteiger partial charge in [-0.15, -0.1) is 0 Å². The van der Waals surface area contributed by atoms with E-state index < -0.39 is 11.0 Å². The highest BCUT2D eigenvalue weighted by atomic mass is 16.3. The normalized spacial score (nSPS) is 29.9. The van der Waals surface area contributed by atoms with Gasteiger partial charge in [-0.05, 0) is 55.9 Å². The third kappa shape index (κ3) is 2.74. The summed E-state index contributed by atoms with van der Waals surface area (Å²) in [7, 11) is 0. The SMILES string of the molecule is CC1=C(C2CCC2)C(=O)CC(C)(C)C1(O)/C=C/C(C)=C\C=O. The van der Waals surface area contributed by atoms with Gasteiger partial charge in [0.15, 0.2) is 5.78 Å². The van der Waals surface area contributed by atoms with E-state index in [1.165, 1.54) is 6.08 Å². The van der Waals surface area contributed by atoms with Gasteiger partial charge in [0.25, 0.3) is 0 Å². The van der Waals surface area contributed by atoms with Crippen LogP contribution in [0, 0.1) is 11.3 Å². The molecule has 1 N–H and O–H groups in total. The Morgan fingerprint density at radius 2 is 1.95 bits per heavy atom. The highest BCUT2D eigenvalue weighted by Gasteiger charge is 2.50. The molecule has 2 aliphatic carbocycles. The topological polar surface area (TPSA) is 54.4 Å². The lowest BCUT2D eigenvalue weighted by Crippen LogP contribution is -2.50. The summed E-state index contributed by atoms with van der Waals surface area (Å²) in [4.78, 5) is 23.1. The highest BCUT2D eigenvalue weighted by molar-refractivity contribution is 5.99. The predicted molar refractivity (Wildman–Crippen MR) is 87.4 cm³/mol. The second-order valence-electron chi connectivity index (χ2n) is 7.30. The van der Waals surface area contributed by atoms with Gasteiger partial charge in [0.05, 0.1) is 0 Å². The molecule has 3 nitrogen and oxygen atoms in total. The number of aldehydes is 1. The monoisotopic (exact) mass is 302 g/mol. The number of Topliss-reactive ketones (excluding diaryl/α,β-unsaturated/α-hetero) is 1. The molecule has 22 heavy (non-hydrogen) atoms. The zero-order valence-corrected chi connectivity index (χ0v) is 14.0. The van der Waals surface area contributed by atoms with E-state index >= 15 is 0 Å². The van der Waals surface area contributed by atoms with E-state index in [-0.39, 0.29) is 5.78 Å². The highest BCUT2D eigenvalue weighted by Crippen LogP contribution is 2.50. The summed E-state index contributed by atoms with van der Waals surface area (Å²) in [5.41, 5.74) is 0.709. The first-order valence-electron chi connectivity index (χ1n) is 8.01. The third-order valence-electron chi connectivity index (χ3n) is 5.34. The number of hydrogen-bond donors (Lipinski definition) is 1. The van der Waals surface area contributed by atoms with Crippen molar-refractivity contribution >= 4 is 12.1 Å². The van der Waals surface area contributed by atoms with E-state index in [1.807, 2.05) is 27.7 Å². The molecular weight excluding hydrogens is 276 g/mol. The van der Waals surface area contributed by atoms with Crippen LogP contribution in [0.3, 0.4) is 0 Å². The summed E-state index contributed by atoms with van der Waals surface area (Å²) >= 11 is 0. The van der Waals surface area contributed by atoms with Gasteiger partial charge in [-0.2, -0.15) is 0 Å². The summed E-state index contributed by atoms with van der Waals surface area (Å²) in [6.45, 7) is 7.56. The van der Waals surface area contributed by atoms with Crippen LogP contribution in [0.2, 0.25) is 0 Å². The minimum absolute atomic E-state index is 0.186. The van der Waals surface area contributed by atoms with Gasteiger partial charge in [-0.1, -0.05) is 26.3 Å². The van der Waals surface area contributed by atoms with Crippen LogP contribution in [0.1, 0.15) is 53.4 Å². The van der Waals surface area contributed by atoms with E-state index in [2.05, 4.69) is 0 Å². The smallest absolute Gasteiger partial charge is 0.159 e. The van der Waals surface area contributed by atoms with Crippen LogP contribution >= 0.6 is 0 Å². The molecule has 0 aliphatic heterocycles. The third-order valence-corrected chi connectivity index (χ3v) is 5.34. The van der Waals surface area contributed by atoms with Gasteiger partial charge in [0.2, 0.25) is 0 Å². The minimum atomic E-state index is -1.15. The maximum Gasteiger partial charge on any atom is 0.159 e. The van der Waals surface area contributed by atoms with Crippen molar-refractivity contribution in [2.45, 2.75) is 59.0 Å². The summed E-state index contributed by atoms with van der Waals surface area (Å²) in [6, 6.07) is 0. The molecule has 2 rings (SSSR count). The van der Waals surface area contributed by atoms with Crippen LogP contribution in [-0.2, 0) is 9.59 Å². The second kappa shape index (κ2) is 5.96. The van der Waals surface area contributed by atoms with Gasteiger partial charge < -0.3 is 5.11 Å². The van der Waals surface area contributed by atoms with Crippen LogP contribution in [0.15, 0.2) is 34.9 Å². The Kier molecular flexibility index (Phi) is 4.57. The molecule has 1 fully saturated rings. The van der Waals surface area contributed by atoms with Gasteiger partial charge in [-0.25, -0.2) is 0 Å². The van der Waals surface area contributed by atoms with Crippen molar-refractivity contribution in [3.63, 3.8) is 0 Å². The Labute approximate surface area is 132 Å². The van der Waals surface area contributed by atoms with Crippen molar-refractivity contribution < 1.29 is 14.7 Å². The Morgan fingerprint density at radius 1 is 1.32 bits per heavy atom. The maximum absolute atomic E-state index is 12.5. The molecule has 0 aromatic rings. The largest absolute Gasteiger partial charge is 0.381 e. The summed E-state index contributed by atoms with van der Waals surface area (Å²) in [6.07, 6.45) is 9.33. The summed E-state index contributed by atoms with van der Waals surface area (Å²) in [5.74, 6) is 0.501. The molecule has 0 aromatic heterocycles. The van der Waals surface area contributed by atoms with Crippen molar-refractivity contribution in [3.8, 4) is 0 Å². The van der Waals surface area contributed by atoms with Crippen molar-refractivity contribution in [3.05, 3.63) is 34.9 Å². The number of hydrogen-bond acceptors (Lipinski definition) is 3. The number of carbonyl (C=O) groups is 2. The van der Waals surface area contributed by atoms with E-state index in [9.17, 15) is 14.7 Å². The van der Waals surface area contributed by atoms with Crippen LogP contribution < -0.4 is 0 Å². The predicted octanol–water partition coefficient (Wildman–Crippen LogP) is 3.53. The Bertz CT molecular complexity index is 573. The molecule has 1 unspecified atom stereocenters. The first kappa shape index (κ1) is 16.9. The van der Waals surface area contributed by atoms with Gasteiger partial charge in [0.1, 0.15) is 11.9 Å². The van der Waals surface area contributed by atoms with E-state index in [1.54, 1.807) is 12.2 Å². The zero-order valence-electron chi connectivity index (χ0n) is 14.0. The average Bonchev–Trinajstić information content (AvgIpc) is 2.37. The first-order valence-corrected chi connectivity index (χ1v) is 8.01. The molecule has 2 aliphatic rings. The van der Waals surface area contributed by atoms with E-state index in [4.69, 9.17) is 0 Å². The van der Waals surface area contributed by atoms with Crippen molar-refractivity contribution in [2.75, 3.05) is 0 Å². The second-order valence-corrected chi connectivity index (χ2v) is 7.30. The van der Waals surface area contributed by atoms with Crippen LogP contribution in [-0.4, -0.2) is 22.8 Å². The molecule has 3 heteroatoms. The lowest BCUT2D eigenvalue weighted by Gasteiger charge is -2.47. The standard InChI is InChI=1S/C19H26O3/c1-13(9-11-20)8-10-19(22)14(2)17(15-6-5-7-15)16(21)12-18(19,3)4/h8-11,15,22H,5-7,12H2,1-4H3/b10-8+,13-9-. The van der Waals surface area contributed by atoms with Crippen LogP contribution in [0.25, 0.3) is 0 Å². The van der Waals surface area contributed by atoms with Crippen molar-refractivity contribution in [2.24, 2.45) is 11.3 Å². The average molecular weight is 302 g/mol. The molecule has 0 aromatic carbocycles. The lowest BCUT2D eigenvalue weighted by atomic mass is 9.59. The fraction of sp³-hybridized carbons (Fsp3) is 0.579. The van der Waals surface area contributed by atoms with E-state index in [0.717, 1.165) is 42.3 Å². The number of ketones is 1. The molecule has 120 valence electrons. The van der Waals surface area contributed by atoms with Gasteiger partial charge in [0, 0.05) is 17.4 Å². The zero-order chi connectivity index (χ0) is 16.5. The fourth-order valence-electron chi connectivity index (χ4n) is 3.55. The molecule has 0 saturated heterocycles. The first-order chi connectivity index (χ1) is 10.2. The molecule has 0 spiro atoms. The molecule has 1 atom stereocenters. The minimum Gasteiger partial charge on any atom is -0.381 e. The quantitative estimate of drug-likeness (QED) is 0.491. The number of rotatable bonds is 4. The maximum atomic E-state index is 12.5. The Hall–Kier alpha value is -1.48. The van der Waals surface area contributed by atoms with Gasteiger partial charge in [-0.3, -0.25) is 9.59 Å². The summed E-state index contributed by atoms with van der Waals surface area (Å²) in [5, 5.41) is 11.3.